The minimum atomic E-state index is -0.596. The van der Waals surface area contributed by atoms with Crippen LogP contribution in [0.1, 0.15) is 21.5 Å². The summed E-state index contributed by atoms with van der Waals surface area (Å²) in [5.74, 6) is -1.16. The highest BCUT2D eigenvalue weighted by Crippen LogP contribution is 2.38. The first-order chi connectivity index (χ1) is 11.7. The minimum Gasteiger partial charge on any atom is -0.465 e. The largest absolute Gasteiger partial charge is 0.465 e. The number of carbonyl (C=O) groups excluding carboxylic acids is 1. The van der Waals surface area contributed by atoms with Gasteiger partial charge < -0.3 is 4.74 Å². The molecule has 0 bridgehead atoms. The number of hydrogen-bond acceptors (Lipinski definition) is 3. The van der Waals surface area contributed by atoms with E-state index < -0.39 is 11.8 Å². The summed E-state index contributed by atoms with van der Waals surface area (Å²) in [6.45, 7) is 0. The summed E-state index contributed by atoms with van der Waals surface area (Å²) in [5.41, 5.74) is 6.23. The molecule has 0 aliphatic heterocycles. The number of pyridine rings is 1. The zero-order valence-electron chi connectivity index (χ0n) is 13.0. The Labute approximate surface area is 138 Å². The van der Waals surface area contributed by atoms with Gasteiger partial charge in [-0.1, -0.05) is 36.4 Å². The van der Waals surface area contributed by atoms with Gasteiger partial charge in [0.05, 0.1) is 24.6 Å². The van der Waals surface area contributed by atoms with E-state index in [0.29, 0.717) is 5.69 Å². The summed E-state index contributed by atoms with van der Waals surface area (Å²) >= 11 is 0. The molecule has 0 amide bonds. The van der Waals surface area contributed by atoms with Gasteiger partial charge in [0.2, 0.25) is 0 Å². The lowest BCUT2D eigenvalue weighted by Gasteiger charge is -2.09. The molecule has 0 saturated carbocycles. The number of rotatable bonds is 2. The highest BCUT2D eigenvalue weighted by molar-refractivity contribution is 5.96. The van der Waals surface area contributed by atoms with Crippen LogP contribution in [0, 0.1) is 5.82 Å². The van der Waals surface area contributed by atoms with E-state index in [0.717, 1.165) is 24.2 Å². The molecule has 1 heterocycles. The van der Waals surface area contributed by atoms with Crippen LogP contribution in [0.4, 0.5) is 4.39 Å². The van der Waals surface area contributed by atoms with Gasteiger partial charge in [0.15, 0.2) is 0 Å². The molecule has 0 fully saturated rings. The lowest BCUT2D eigenvalue weighted by atomic mass is 9.99. The number of halogens is 1. The number of ether oxygens (including phenoxy) is 1. The first-order valence-corrected chi connectivity index (χ1v) is 7.63. The van der Waals surface area contributed by atoms with Crippen LogP contribution in [-0.4, -0.2) is 18.1 Å². The molecule has 1 aliphatic rings. The Bertz CT molecular complexity index is 966. The third kappa shape index (κ3) is 2.27. The van der Waals surface area contributed by atoms with E-state index >= 15 is 0 Å². The number of aromatic nitrogens is 1. The van der Waals surface area contributed by atoms with Crippen molar-refractivity contribution in [3.05, 3.63) is 77.2 Å². The maximum atomic E-state index is 13.5. The molecular weight excluding hydrogens is 305 g/mol. The highest BCUT2D eigenvalue weighted by Gasteiger charge is 2.21. The molecule has 118 valence electrons. The van der Waals surface area contributed by atoms with E-state index in [1.54, 1.807) is 0 Å². The maximum Gasteiger partial charge on any atom is 0.340 e. The molecule has 3 aromatic rings. The van der Waals surface area contributed by atoms with Crippen molar-refractivity contribution in [2.75, 3.05) is 7.11 Å². The Morgan fingerprint density at radius 1 is 1.08 bits per heavy atom. The van der Waals surface area contributed by atoms with Crippen LogP contribution in [0.2, 0.25) is 0 Å². The molecule has 2 aromatic carbocycles. The summed E-state index contributed by atoms with van der Waals surface area (Å²) in [4.78, 5) is 16.1. The van der Waals surface area contributed by atoms with Gasteiger partial charge in [-0.25, -0.2) is 9.18 Å². The Morgan fingerprint density at radius 2 is 1.88 bits per heavy atom. The van der Waals surface area contributed by atoms with Gasteiger partial charge in [-0.15, -0.1) is 0 Å². The Morgan fingerprint density at radius 3 is 2.71 bits per heavy atom. The summed E-state index contributed by atoms with van der Waals surface area (Å²) in [6, 6.07) is 15.4. The van der Waals surface area contributed by atoms with E-state index in [2.05, 4.69) is 17.1 Å². The van der Waals surface area contributed by atoms with Crippen LogP contribution < -0.4 is 0 Å². The van der Waals surface area contributed by atoms with Crippen LogP contribution >= 0.6 is 0 Å². The Kier molecular flexibility index (Phi) is 3.38. The number of carbonyl (C=O) groups is 1. The zero-order valence-corrected chi connectivity index (χ0v) is 13.0. The molecule has 0 N–H and O–H groups in total. The molecule has 24 heavy (non-hydrogen) atoms. The topological polar surface area (TPSA) is 39.2 Å². The predicted octanol–water partition coefficient (Wildman–Crippen LogP) is 4.25. The van der Waals surface area contributed by atoms with Crippen molar-refractivity contribution < 1.29 is 13.9 Å². The van der Waals surface area contributed by atoms with E-state index in [1.165, 1.54) is 29.4 Å². The van der Waals surface area contributed by atoms with Crippen LogP contribution in [0.3, 0.4) is 0 Å². The molecule has 0 atom stereocenters. The van der Waals surface area contributed by atoms with Crippen molar-refractivity contribution in [3.8, 4) is 22.4 Å². The molecule has 4 heteroatoms. The normalized spacial score (nSPS) is 11.8. The Hall–Kier alpha value is -3.01. The summed E-state index contributed by atoms with van der Waals surface area (Å²) < 4.78 is 18.2. The molecule has 0 unspecified atom stereocenters. The number of hydrogen-bond donors (Lipinski definition) is 0. The molecule has 0 spiro atoms. The van der Waals surface area contributed by atoms with Crippen molar-refractivity contribution in [2.45, 2.75) is 6.42 Å². The predicted molar refractivity (Wildman–Crippen MR) is 89.2 cm³/mol. The first kappa shape index (κ1) is 14.6. The van der Waals surface area contributed by atoms with E-state index in [-0.39, 0.29) is 5.56 Å². The van der Waals surface area contributed by atoms with Gasteiger partial charge >= 0.3 is 5.97 Å². The van der Waals surface area contributed by atoms with Crippen molar-refractivity contribution in [1.29, 1.82) is 0 Å². The first-order valence-electron chi connectivity index (χ1n) is 7.63. The van der Waals surface area contributed by atoms with E-state index in [1.807, 2.05) is 30.3 Å². The number of fused-ring (bicyclic) bond motifs is 3. The van der Waals surface area contributed by atoms with Crippen molar-refractivity contribution in [3.63, 3.8) is 0 Å². The molecule has 1 aromatic heterocycles. The smallest absolute Gasteiger partial charge is 0.340 e. The van der Waals surface area contributed by atoms with Gasteiger partial charge in [-0.3, -0.25) is 4.98 Å². The fourth-order valence-corrected chi connectivity index (χ4v) is 3.23. The quantitative estimate of drug-likeness (QED) is 0.519. The fraction of sp³-hybridized carbons (Fsp3) is 0.100. The van der Waals surface area contributed by atoms with Crippen molar-refractivity contribution in [2.24, 2.45) is 0 Å². The summed E-state index contributed by atoms with van der Waals surface area (Å²) in [5, 5.41) is 0. The van der Waals surface area contributed by atoms with Crippen LogP contribution in [0.5, 0.6) is 0 Å². The second kappa shape index (κ2) is 5.57. The zero-order chi connectivity index (χ0) is 16.7. The van der Waals surface area contributed by atoms with Gasteiger partial charge in [-0.05, 0) is 40.8 Å². The van der Waals surface area contributed by atoms with Crippen molar-refractivity contribution in [1.82, 2.24) is 4.98 Å². The molecule has 3 nitrogen and oxygen atoms in total. The van der Waals surface area contributed by atoms with Crippen LogP contribution in [-0.2, 0) is 11.2 Å². The fourth-order valence-electron chi connectivity index (χ4n) is 3.23. The third-order valence-electron chi connectivity index (χ3n) is 4.33. The standard InChI is InChI=1S/C20H14FNO2/c1-24-20(23)18-10-15(21)11-22-19(18)13-6-7-17-14(9-13)8-12-4-2-3-5-16(12)17/h2-7,9-11H,8H2,1H3. The minimum absolute atomic E-state index is 0.132. The average molecular weight is 319 g/mol. The van der Waals surface area contributed by atoms with E-state index in [4.69, 9.17) is 4.74 Å². The number of methoxy groups -OCH3 is 1. The van der Waals surface area contributed by atoms with Gasteiger partial charge in [0.25, 0.3) is 0 Å². The number of nitrogens with zero attached hydrogens (tertiary/aromatic N) is 1. The molecule has 0 radical (unpaired) electrons. The van der Waals surface area contributed by atoms with Gasteiger partial charge in [0, 0.05) is 5.56 Å². The third-order valence-corrected chi connectivity index (χ3v) is 4.33. The number of esters is 1. The summed E-state index contributed by atoms with van der Waals surface area (Å²) in [7, 11) is 1.27. The SMILES string of the molecule is COC(=O)c1cc(F)cnc1-c1ccc2c(c1)Cc1ccccc1-2. The highest BCUT2D eigenvalue weighted by atomic mass is 19.1. The molecule has 0 saturated heterocycles. The monoisotopic (exact) mass is 319 g/mol. The van der Waals surface area contributed by atoms with Crippen LogP contribution in [0.15, 0.2) is 54.7 Å². The van der Waals surface area contributed by atoms with E-state index in [9.17, 15) is 9.18 Å². The van der Waals surface area contributed by atoms with Gasteiger partial charge in [-0.2, -0.15) is 0 Å². The average Bonchev–Trinajstić information content (AvgIpc) is 2.98. The Balaban J connectivity index is 1.83. The molecule has 4 rings (SSSR count). The lowest BCUT2D eigenvalue weighted by molar-refractivity contribution is 0.0600. The second-order valence-corrected chi connectivity index (χ2v) is 5.75. The molecular formula is C20H14FNO2. The van der Waals surface area contributed by atoms with Gasteiger partial charge in [0.1, 0.15) is 5.82 Å². The summed E-state index contributed by atoms with van der Waals surface area (Å²) in [6.07, 6.45) is 1.96. The van der Waals surface area contributed by atoms with Crippen LogP contribution in [0.25, 0.3) is 22.4 Å². The second-order valence-electron chi connectivity index (χ2n) is 5.75. The lowest BCUT2D eigenvalue weighted by Crippen LogP contribution is -2.06. The van der Waals surface area contributed by atoms with Crippen molar-refractivity contribution >= 4 is 5.97 Å². The maximum absolute atomic E-state index is 13.5. The number of benzene rings is 2. The molecule has 1 aliphatic carbocycles.